The first-order valence-corrected chi connectivity index (χ1v) is 21.3. The molecule has 1 atom stereocenters. The number of fused-ring (bicyclic) bond motifs is 1. The van der Waals surface area contributed by atoms with Crippen LogP contribution in [0.15, 0.2) is 60.7 Å². The Bertz CT molecular complexity index is 2330. The number of amides is 5. The molecule has 2 N–H and O–H groups in total. The largest absolute Gasteiger partial charge is 0.489 e. The third-order valence-electron chi connectivity index (χ3n) is 14.3. The summed E-state index contributed by atoms with van der Waals surface area (Å²) in [5, 5.41) is 15.1. The number of hydrogen-bond acceptors (Lipinski definition) is 10. The molecule has 3 saturated heterocycles. The van der Waals surface area contributed by atoms with Crippen molar-refractivity contribution in [3.63, 3.8) is 0 Å². The lowest BCUT2D eigenvalue weighted by molar-refractivity contribution is -0.164. The van der Waals surface area contributed by atoms with E-state index in [4.69, 9.17) is 16.3 Å². The highest BCUT2D eigenvalue weighted by molar-refractivity contribution is 6.31. The molecule has 3 aromatic rings. The first-order valence-electron chi connectivity index (χ1n) is 21.0. The normalized spacial score (nSPS) is 25.7. The summed E-state index contributed by atoms with van der Waals surface area (Å²) < 4.78 is 6.39. The van der Waals surface area contributed by atoms with Gasteiger partial charge in [0.15, 0.2) is 0 Å². The van der Waals surface area contributed by atoms with E-state index in [2.05, 4.69) is 59.1 Å². The van der Waals surface area contributed by atoms with E-state index in [0.29, 0.717) is 39.1 Å². The van der Waals surface area contributed by atoms with Gasteiger partial charge in [-0.15, -0.1) is 0 Å². The van der Waals surface area contributed by atoms with Crippen LogP contribution in [0.3, 0.4) is 0 Å². The molecular weight excluding hydrogens is 782 g/mol. The fraction of sp³-hybridized carbons (Fsp3) is 0.478. The minimum absolute atomic E-state index is 0.0933. The molecule has 1 unspecified atom stereocenters. The number of halogens is 1. The highest BCUT2D eigenvalue weighted by Crippen LogP contribution is 2.56. The van der Waals surface area contributed by atoms with Crippen molar-refractivity contribution < 1.29 is 28.7 Å². The molecule has 1 spiro atoms. The zero-order valence-corrected chi connectivity index (χ0v) is 35.2. The topological polar surface area (TPSA) is 155 Å². The SMILES string of the molecule is CC1(C)C(NC(=O)c2ccc(N3CCN(C4CC5(CCN(c6ccc7c(c6)C(=O)N(C6CCC(=O)NC6=O)C7=O)C5)C4)CC3)cc2)C(C)(C)C1Oc1ccc(C#N)c(Cl)c1. The Hall–Kier alpha value is -5.45. The minimum Gasteiger partial charge on any atom is -0.489 e. The summed E-state index contributed by atoms with van der Waals surface area (Å²) in [5.74, 6) is -1.47. The Morgan fingerprint density at radius 1 is 0.850 bits per heavy atom. The third kappa shape index (κ3) is 6.68. The van der Waals surface area contributed by atoms with Gasteiger partial charge in [0, 0.05) is 91.6 Å². The number of carbonyl (C=O) groups is 5. The molecule has 0 bridgehead atoms. The van der Waals surface area contributed by atoms with E-state index in [-0.39, 0.29) is 53.0 Å². The summed E-state index contributed by atoms with van der Waals surface area (Å²) in [6.07, 6.45) is 3.39. The number of nitriles is 1. The van der Waals surface area contributed by atoms with Gasteiger partial charge in [0.2, 0.25) is 11.8 Å². The maximum atomic E-state index is 13.5. The fourth-order valence-corrected chi connectivity index (χ4v) is 11.5. The zero-order valence-electron chi connectivity index (χ0n) is 34.4. The summed E-state index contributed by atoms with van der Waals surface area (Å²) in [7, 11) is 0. The van der Waals surface area contributed by atoms with Crippen molar-refractivity contribution in [2.45, 2.75) is 84.0 Å². The fourth-order valence-electron chi connectivity index (χ4n) is 11.3. The van der Waals surface area contributed by atoms with Crippen LogP contribution in [-0.4, -0.2) is 103 Å². The molecule has 9 rings (SSSR count). The predicted octanol–water partition coefficient (Wildman–Crippen LogP) is 5.41. The number of carbonyl (C=O) groups excluding carboxylic acids is 5. The minimum atomic E-state index is -0.972. The summed E-state index contributed by atoms with van der Waals surface area (Å²) in [6, 6.07) is 19.9. The molecule has 4 aliphatic heterocycles. The first-order chi connectivity index (χ1) is 28.6. The van der Waals surface area contributed by atoms with Crippen LogP contribution in [-0.2, 0) is 9.59 Å². The second-order valence-electron chi connectivity index (χ2n) is 18.8. The van der Waals surface area contributed by atoms with Crippen molar-refractivity contribution in [1.82, 2.24) is 20.4 Å². The maximum absolute atomic E-state index is 13.5. The average Bonchev–Trinajstić information content (AvgIpc) is 3.77. The molecular formula is C46H50ClN7O6. The number of anilines is 2. The van der Waals surface area contributed by atoms with Gasteiger partial charge in [-0.2, -0.15) is 5.26 Å². The molecule has 3 aromatic carbocycles. The van der Waals surface area contributed by atoms with E-state index in [1.54, 1.807) is 30.3 Å². The molecule has 5 fully saturated rings. The lowest BCUT2D eigenvalue weighted by Gasteiger charge is -2.63. The van der Waals surface area contributed by atoms with Crippen LogP contribution in [0.1, 0.15) is 96.4 Å². The summed E-state index contributed by atoms with van der Waals surface area (Å²) in [6.45, 7) is 13.9. The van der Waals surface area contributed by atoms with Gasteiger partial charge in [-0.1, -0.05) is 39.3 Å². The van der Waals surface area contributed by atoms with Crippen LogP contribution in [0.25, 0.3) is 0 Å². The molecule has 312 valence electrons. The van der Waals surface area contributed by atoms with Gasteiger partial charge in [-0.3, -0.25) is 39.1 Å². The number of benzene rings is 3. The van der Waals surface area contributed by atoms with E-state index in [1.807, 2.05) is 30.3 Å². The lowest BCUT2D eigenvalue weighted by atomic mass is 9.49. The van der Waals surface area contributed by atoms with Gasteiger partial charge in [0.1, 0.15) is 24.0 Å². The number of nitrogens with one attached hydrogen (secondary N) is 2. The van der Waals surface area contributed by atoms with Gasteiger partial charge in [0.05, 0.1) is 21.7 Å². The average molecular weight is 832 g/mol. The maximum Gasteiger partial charge on any atom is 0.262 e. The van der Waals surface area contributed by atoms with Crippen molar-refractivity contribution in [1.29, 1.82) is 5.26 Å². The smallest absolute Gasteiger partial charge is 0.262 e. The molecule has 2 aliphatic carbocycles. The molecule has 0 radical (unpaired) electrons. The van der Waals surface area contributed by atoms with Crippen molar-refractivity contribution in [3.05, 3.63) is 87.9 Å². The number of ether oxygens (including phenoxy) is 1. The number of piperidine rings is 1. The zero-order chi connectivity index (χ0) is 42.3. The first kappa shape index (κ1) is 40.0. The summed E-state index contributed by atoms with van der Waals surface area (Å²) in [4.78, 5) is 72.6. The molecule has 60 heavy (non-hydrogen) atoms. The van der Waals surface area contributed by atoms with E-state index < -0.39 is 23.8 Å². The van der Waals surface area contributed by atoms with Crippen LogP contribution in [0.2, 0.25) is 5.02 Å². The number of nitrogens with zero attached hydrogens (tertiary/aromatic N) is 5. The molecule has 5 amide bonds. The molecule has 4 heterocycles. The van der Waals surface area contributed by atoms with Crippen LogP contribution in [0, 0.1) is 27.6 Å². The Morgan fingerprint density at radius 3 is 2.20 bits per heavy atom. The number of hydrogen-bond donors (Lipinski definition) is 2. The molecule has 0 aromatic heterocycles. The quantitative estimate of drug-likeness (QED) is 0.282. The van der Waals surface area contributed by atoms with Gasteiger partial charge < -0.3 is 19.9 Å². The molecule has 14 heteroatoms. The third-order valence-corrected chi connectivity index (χ3v) is 14.6. The molecule has 6 aliphatic rings. The second kappa shape index (κ2) is 14.6. The van der Waals surface area contributed by atoms with Crippen LogP contribution in [0.4, 0.5) is 11.4 Å². The predicted molar refractivity (Wildman–Crippen MR) is 225 cm³/mol. The standard InChI is InChI=1S/C46H50ClN7O6/c1-44(2)42(45(3,4)43(44)60-32-11-7-28(25-48)35(47)22-32)50-38(56)27-5-8-29(9-6-27)51-17-19-52(20-18-51)31-23-46(24-31)15-16-53(26-46)30-10-12-33-34(21-30)41(59)54(40(33)58)36-13-14-37(55)49-39(36)57/h5-12,21-22,31,36,42-43H,13-20,23-24,26H2,1-4H3,(H,50,56)(H,49,55,57). The van der Waals surface area contributed by atoms with Crippen molar-refractivity contribution >= 4 is 52.5 Å². The summed E-state index contributed by atoms with van der Waals surface area (Å²) >= 11 is 6.26. The Balaban J connectivity index is 0.747. The van der Waals surface area contributed by atoms with Crippen molar-refractivity contribution in [3.8, 4) is 11.8 Å². The van der Waals surface area contributed by atoms with Crippen LogP contribution < -0.4 is 25.2 Å². The highest BCUT2D eigenvalue weighted by atomic mass is 35.5. The number of piperazine rings is 1. The van der Waals surface area contributed by atoms with E-state index >= 15 is 0 Å². The van der Waals surface area contributed by atoms with Crippen molar-refractivity contribution in [2.24, 2.45) is 16.2 Å². The van der Waals surface area contributed by atoms with Crippen LogP contribution >= 0.6 is 11.6 Å². The van der Waals surface area contributed by atoms with E-state index in [9.17, 15) is 29.2 Å². The lowest BCUT2D eigenvalue weighted by Crippen LogP contribution is -2.74. The van der Waals surface area contributed by atoms with Gasteiger partial charge in [0.25, 0.3) is 17.7 Å². The Labute approximate surface area is 354 Å². The summed E-state index contributed by atoms with van der Waals surface area (Å²) in [5.41, 5.74) is 3.19. The number of imide groups is 2. The number of rotatable bonds is 8. The van der Waals surface area contributed by atoms with Gasteiger partial charge in [-0.05, 0) is 85.7 Å². The van der Waals surface area contributed by atoms with Gasteiger partial charge in [-0.25, -0.2) is 0 Å². The second-order valence-corrected chi connectivity index (χ2v) is 19.2. The van der Waals surface area contributed by atoms with Crippen LogP contribution in [0.5, 0.6) is 5.75 Å². The van der Waals surface area contributed by atoms with E-state index in [0.717, 1.165) is 74.8 Å². The Kier molecular flexibility index (Phi) is 9.75. The van der Waals surface area contributed by atoms with E-state index in [1.165, 1.54) is 0 Å². The molecule has 13 nitrogen and oxygen atoms in total. The molecule has 2 saturated carbocycles. The Morgan fingerprint density at radius 2 is 1.53 bits per heavy atom. The van der Waals surface area contributed by atoms with Crippen molar-refractivity contribution in [2.75, 3.05) is 49.1 Å². The highest BCUT2D eigenvalue weighted by Gasteiger charge is 2.64. The monoisotopic (exact) mass is 831 g/mol. The van der Waals surface area contributed by atoms with Gasteiger partial charge >= 0.3 is 0 Å².